The first kappa shape index (κ1) is 33.2. The van der Waals surface area contributed by atoms with Crippen LogP contribution in [0.3, 0.4) is 0 Å². The predicted octanol–water partition coefficient (Wildman–Crippen LogP) is 7.51. The summed E-state index contributed by atoms with van der Waals surface area (Å²) in [6.07, 6.45) is -2.70. The van der Waals surface area contributed by atoms with E-state index in [1.165, 1.54) is 0 Å². The van der Waals surface area contributed by atoms with Crippen LogP contribution in [0.15, 0.2) is 30.3 Å². The molecule has 0 N–H and O–H groups in total. The standard InChI is InChI=1S/C30H54O6Si2/c1-20(23-18-16-15-17-19-23)21(2)27(31)34-24-22(3)33-28(32-10)26(36-38(13,14)30(7,8)9)25(24)35-37(11,12)29(4,5)6/h15-22,24-26,28H,1-14H3/t20-,21-,22+,24+,25-,26+,28-/m0/s1. The number of benzene rings is 1. The van der Waals surface area contributed by atoms with Gasteiger partial charge >= 0.3 is 5.97 Å². The molecule has 38 heavy (non-hydrogen) atoms. The molecule has 1 heterocycles. The van der Waals surface area contributed by atoms with E-state index in [4.69, 9.17) is 23.1 Å². The third-order valence-electron chi connectivity index (χ3n) is 9.13. The average Bonchev–Trinajstić information content (AvgIpc) is 2.80. The van der Waals surface area contributed by atoms with Crippen LogP contribution in [0.25, 0.3) is 0 Å². The van der Waals surface area contributed by atoms with Gasteiger partial charge < -0.3 is 23.1 Å². The summed E-state index contributed by atoms with van der Waals surface area (Å²) in [4.78, 5) is 13.6. The van der Waals surface area contributed by atoms with E-state index in [0.717, 1.165) is 5.56 Å². The highest BCUT2D eigenvalue weighted by atomic mass is 28.4. The Labute approximate surface area is 234 Å². The fourth-order valence-corrected chi connectivity index (χ4v) is 6.69. The zero-order valence-electron chi connectivity index (χ0n) is 26.4. The molecule has 0 unspecified atom stereocenters. The third kappa shape index (κ3) is 7.58. The summed E-state index contributed by atoms with van der Waals surface area (Å²) in [5, 5.41) is -0.0655. The third-order valence-corrected chi connectivity index (χ3v) is 18.1. The molecule has 7 atom stereocenters. The van der Waals surface area contributed by atoms with E-state index in [2.05, 4.69) is 86.8 Å². The van der Waals surface area contributed by atoms with Crippen molar-refractivity contribution in [2.24, 2.45) is 5.92 Å². The van der Waals surface area contributed by atoms with E-state index in [9.17, 15) is 4.79 Å². The van der Waals surface area contributed by atoms with Crippen molar-refractivity contribution in [3.8, 4) is 0 Å². The van der Waals surface area contributed by atoms with Gasteiger partial charge in [0.1, 0.15) is 12.2 Å². The monoisotopic (exact) mass is 566 g/mol. The van der Waals surface area contributed by atoms with Crippen LogP contribution in [-0.2, 0) is 27.9 Å². The Morgan fingerprint density at radius 1 is 0.842 bits per heavy atom. The molecule has 1 fully saturated rings. The highest BCUT2D eigenvalue weighted by Crippen LogP contribution is 2.44. The Morgan fingerprint density at radius 3 is 1.76 bits per heavy atom. The Kier molecular flexibility index (Phi) is 10.7. The van der Waals surface area contributed by atoms with Crippen LogP contribution in [0.2, 0.25) is 36.3 Å². The van der Waals surface area contributed by atoms with Gasteiger partial charge in [-0.25, -0.2) is 0 Å². The van der Waals surface area contributed by atoms with Crippen LogP contribution in [0.1, 0.15) is 73.8 Å². The summed E-state index contributed by atoms with van der Waals surface area (Å²) < 4.78 is 32.5. The Morgan fingerprint density at radius 2 is 1.32 bits per heavy atom. The minimum absolute atomic E-state index is 0.00859. The number of rotatable bonds is 9. The van der Waals surface area contributed by atoms with Crippen molar-refractivity contribution in [2.45, 2.75) is 135 Å². The molecule has 0 aromatic heterocycles. The lowest BCUT2D eigenvalue weighted by Crippen LogP contribution is -2.65. The molecule has 0 bridgehead atoms. The van der Waals surface area contributed by atoms with Crippen molar-refractivity contribution in [3.63, 3.8) is 0 Å². The van der Waals surface area contributed by atoms with Crippen LogP contribution in [0.4, 0.5) is 0 Å². The van der Waals surface area contributed by atoms with Crippen LogP contribution < -0.4 is 0 Å². The normalized spacial score (nSPS) is 27.1. The number of hydrogen-bond acceptors (Lipinski definition) is 6. The van der Waals surface area contributed by atoms with Gasteiger partial charge in [0.2, 0.25) is 0 Å². The summed E-state index contributed by atoms with van der Waals surface area (Å²) in [5.41, 5.74) is 1.11. The van der Waals surface area contributed by atoms with Gasteiger partial charge in [0.15, 0.2) is 29.0 Å². The second-order valence-corrected chi connectivity index (χ2v) is 23.5. The van der Waals surface area contributed by atoms with Crippen LogP contribution in [0, 0.1) is 5.92 Å². The fourth-order valence-electron chi connectivity index (χ4n) is 4.11. The molecule has 0 aliphatic carbocycles. The Hall–Kier alpha value is -1.04. The molecule has 0 radical (unpaired) electrons. The first-order valence-corrected chi connectivity index (χ1v) is 19.8. The molecule has 1 aromatic carbocycles. The number of carbonyl (C=O) groups excluding carboxylic acids is 1. The van der Waals surface area contributed by atoms with Crippen molar-refractivity contribution in [1.29, 1.82) is 0 Å². The summed E-state index contributed by atoms with van der Waals surface area (Å²) in [5.74, 6) is -0.583. The van der Waals surface area contributed by atoms with Crippen molar-refractivity contribution < 1.29 is 27.9 Å². The molecule has 1 aliphatic heterocycles. The largest absolute Gasteiger partial charge is 0.457 e. The Balaban J connectivity index is 2.47. The number of esters is 1. The van der Waals surface area contributed by atoms with E-state index in [1.807, 2.05) is 32.0 Å². The molecule has 1 saturated heterocycles. The molecule has 8 heteroatoms. The van der Waals surface area contributed by atoms with Crippen LogP contribution in [-0.4, -0.2) is 60.4 Å². The van der Waals surface area contributed by atoms with Gasteiger partial charge in [-0.3, -0.25) is 4.79 Å². The highest BCUT2D eigenvalue weighted by Gasteiger charge is 2.54. The maximum absolute atomic E-state index is 13.6. The maximum Gasteiger partial charge on any atom is 0.309 e. The van der Waals surface area contributed by atoms with Crippen LogP contribution in [0.5, 0.6) is 0 Å². The van der Waals surface area contributed by atoms with Crippen molar-refractivity contribution in [3.05, 3.63) is 35.9 Å². The van der Waals surface area contributed by atoms with Gasteiger partial charge in [0, 0.05) is 7.11 Å². The molecular formula is C30H54O6Si2. The molecule has 2 rings (SSSR count). The van der Waals surface area contributed by atoms with Gasteiger partial charge in [0.05, 0.1) is 12.0 Å². The zero-order chi connectivity index (χ0) is 29.3. The van der Waals surface area contributed by atoms with E-state index in [1.54, 1.807) is 7.11 Å². The van der Waals surface area contributed by atoms with E-state index in [0.29, 0.717) is 0 Å². The van der Waals surface area contributed by atoms with Crippen LogP contribution >= 0.6 is 0 Å². The number of ether oxygens (including phenoxy) is 3. The summed E-state index contributed by atoms with van der Waals surface area (Å²) in [6.45, 7) is 28.1. The second-order valence-electron chi connectivity index (χ2n) is 14.0. The average molecular weight is 567 g/mol. The topological polar surface area (TPSA) is 63.2 Å². The van der Waals surface area contributed by atoms with E-state index >= 15 is 0 Å². The maximum atomic E-state index is 13.6. The number of hydrogen-bond donors (Lipinski definition) is 0. The summed E-state index contributed by atoms with van der Waals surface area (Å²) >= 11 is 0. The quantitative estimate of drug-likeness (QED) is 0.228. The van der Waals surface area contributed by atoms with Gasteiger partial charge in [-0.05, 0) is 54.7 Å². The fraction of sp³-hybridized carbons (Fsp3) is 0.767. The number of methoxy groups -OCH3 is 1. The lowest BCUT2D eigenvalue weighted by Gasteiger charge is -2.51. The van der Waals surface area contributed by atoms with E-state index < -0.39 is 47.3 Å². The van der Waals surface area contributed by atoms with Gasteiger partial charge in [-0.1, -0.05) is 85.7 Å². The summed E-state index contributed by atoms with van der Waals surface area (Å²) in [7, 11) is -2.91. The molecule has 0 amide bonds. The van der Waals surface area contributed by atoms with E-state index in [-0.39, 0.29) is 27.9 Å². The number of carbonyl (C=O) groups is 1. The van der Waals surface area contributed by atoms with Gasteiger partial charge in [-0.15, -0.1) is 0 Å². The summed E-state index contributed by atoms with van der Waals surface area (Å²) in [6, 6.07) is 10.1. The first-order valence-electron chi connectivity index (χ1n) is 14.0. The minimum atomic E-state index is -2.29. The predicted molar refractivity (Wildman–Crippen MR) is 159 cm³/mol. The molecule has 0 spiro atoms. The second kappa shape index (κ2) is 12.2. The highest BCUT2D eigenvalue weighted by molar-refractivity contribution is 6.74. The molecule has 218 valence electrons. The van der Waals surface area contributed by atoms with Crippen molar-refractivity contribution in [2.75, 3.05) is 7.11 Å². The zero-order valence-corrected chi connectivity index (χ0v) is 28.4. The minimum Gasteiger partial charge on any atom is -0.457 e. The molecule has 1 aliphatic rings. The SMILES string of the molecule is CO[C@H]1O[C@H](C)[C@@H](OC(=O)[C@@H](C)[C@H](C)c2ccccc2)[C@H](O[Si](C)(C)C(C)(C)C)[C@H]1O[Si](C)(C)C(C)(C)C. The lowest BCUT2D eigenvalue weighted by molar-refractivity contribution is -0.283. The lowest BCUT2D eigenvalue weighted by atomic mass is 9.89. The van der Waals surface area contributed by atoms with Crippen molar-refractivity contribution in [1.82, 2.24) is 0 Å². The smallest absolute Gasteiger partial charge is 0.309 e. The van der Waals surface area contributed by atoms with Gasteiger partial charge in [0.25, 0.3) is 0 Å². The molecule has 1 aromatic rings. The Bertz CT molecular complexity index is 906. The molecule has 0 saturated carbocycles. The molecular weight excluding hydrogens is 512 g/mol. The first-order chi connectivity index (χ1) is 17.2. The van der Waals surface area contributed by atoms with Gasteiger partial charge in [-0.2, -0.15) is 0 Å². The molecule has 6 nitrogen and oxygen atoms in total. The van der Waals surface area contributed by atoms with Crippen molar-refractivity contribution >= 4 is 22.6 Å².